The van der Waals surface area contributed by atoms with Crippen LogP contribution in [0, 0.1) is 0 Å². The summed E-state index contributed by atoms with van der Waals surface area (Å²) in [6.07, 6.45) is 0. The highest BCUT2D eigenvalue weighted by molar-refractivity contribution is 7.89. The Labute approximate surface area is 127 Å². The summed E-state index contributed by atoms with van der Waals surface area (Å²) < 4.78 is 27.3. The van der Waals surface area contributed by atoms with Crippen LogP contribution in [-0.2, 0) is 14.8 Å². The lowest BCUT2D eigenvalue weighted by Gasteiger charge is -2.05. The van der Waals surface area contributed by atoms with E-state index in [1.54, 1.807) is 30.3 Å². The summed E-state index contributed by atoms with van der Waals surface area (Å²) in [4.78, 5) is 23.5. The second kappa shape index (κ2) is 6.50. The second-order valence-electron chi connectivity index (χ2n) is 4.44. The van der Waals surface area contributed by atoms with Crippen molar-refractivity contribution in [3.8, 4) is 0 Å². The van der Waals surface area contributed by atoms with Crippen LogP contribution in [0.15, 0.2) is 59.5 Å². The van der Waals surface area contributed by atoms with Crippen molar-refractivity contribution in [2.45, 2.75) is 4.90 Å². The molecule has 0 atom stereocenters. The maximum absolute atomic E-state index is 11.8. The highest BCUT2D eigenvalue weighted by atomic mass is 32.2. The fourth-order valence-corrected chi connectivity index (χ4v) is 2.28. The molecule has 6 nitrogen and oxygen atoms in total. The summed E-state index contributed by atoms with van der Waals surface area (Å²) in [5.41, 5.74) is 0.431. The van der Waals surface area contributed by atoms with Crippen LogP contribution in [0.25, 0.3) is 0 Å². The Balaban J connectivity index is 2.06. The van der Waals surface area contributed by atoms with Gasteiger partial charge in [-0.05, 0) is 18.2 Å². The number of primary sulfonamides is 1. The number of ketones is 1. The van der Waals surface area contributed by atoms with E-state index in [2.05, 4.69) is 0 Å². The molecule has 0 aliphatic carbocycles. The van der Waals surface area contributed by atoms with Crippen molar-refractivity contribution < 1.29 is 22.7 Å². The minimum absolute atomic E-state index is 0.00684. The van der Waals surface area contributed by atoms with Crippen LogP contribution >= 0.6 is 0 Å². The van der Waals surface area contributed by atoms with E-state index in [-0.39, 0.29) is 16.2 Å². The first-order valence-electron chi connectivity index (χ1n) is 6.26. The van der Waals surface area contributed by atoms with Crippen LogP contribution in [0.4, 0.5) is 0 Å². The number of nitrogens with two attached hydrogens (primary N) is 1. The van der Waals surface area contributed by atoms with Gasteiger partial charge >= 0.3 is 5.97 Å². The third-order valence-electron chi connectivity index (χ3n) is 2.83. The summed E-state index contributed by atoms with van der Waals surface area (Å²) in [6, 6.07) is 13.5. The predicted octanol–water partition coefficient (Wildman–Crippen LogP) is 1.37. The zero-order chi connectivity index (χ0) is 16.2. The van der Waals surface area contributed by atoms with Crippen molar-refractivity contribution in [3.05, 3.63) is 65.7 Å². The van der Waals surface area contributed by atoms with Gasteiger partial charge in [0.1, 0.15) is 0 Å². The molecule has 7 heteroatoms. The summed E-state index contributed by atoms with van der Waals surface area (Å²) in [6.45, 7) is -0.428. The first-order valence-corrected chi connectivity index (χ1v) is 7.81. The lowest BCUT2D eigenvalue weighted by atomic mass is 10.1. The monoisotopic (exact) mass is 319 g/mol. The molecule has 0 aromatic heterocycles. The Morgan fingerprint density at radius 3 is 2.23 bits per heavy atom. The van der Waals surface area contributed by atoms with E-state index in [4.69, 9.17) is 9.88 Å². The van der Waals surface area contributed by atoms with Crippen molar-refractivity contribution in [1.29, 1.82) is 0 Å². The largest absolute Gasteiger partial charge is 0.454 e. The number of benzene rings is 2. The normalized spacial score (nSPS) is 11.0. The van der Waals surface area contributed by atoms with Gasteiger partial charge in [-0.25, -0.2) is 18.4 Å². The maximum atomic E-state index is 11.8. The number of ether oxygens (including phenoxy) is 1. The molecule has 0 heterocycles. The van der Waals surface area contributed by atoms with Crippen LogP contribution in [0.5, 0.6) is 0 Å². The molecule has 0 unspecified atom stereocenters. The van der Waals surface area contributed by atoms with Gasteiger partial charge in [-0.2, -0.15) is 0 Å². The molecular weight excluding hydrogens is 306 g/mol. The van der Waals surface area contributed by atoms with Gasteiger partial charge in [-0.3, -0.25) is 4.79 Å². The van der Waals surface area contributed by atoms with Crippen LogP contribution < -0.4 is 5.14 Å². The quantitative estimate of drug-likeness (QED) is 0.662. The molecule has 2 N–H and O–H groups in total. The summed E-state index contributed by atoms with van der Waals surface area (Å²) >= 11 is 0. The minimum Gasteiger partial charge on any atom is -0.454 e. The summed E-state index contributed by atoms with van der Waals surface area (Å²) in [7, 11) is -3.91. The number of hydrogen-bond acceptors (Lipinski definition) is 5. The van der Waals surface area contributed by atoms with Gasteiger partial charge in [0.15, 0.2) is 12.4 Å². The fraction of sp³-hybridized carbons (Fsp3) is 0.0667. The molecule has 0 aliphatic rings. The molecule has 2 rings (SSSR count). The molecule has 0 spiro atoms. The number of carbonyl (C=O) groups is 2. The molecule has 0 bridgehead atoms. The van der Waals surface area contributed by atoms with E-state index in [0.717, 1.165) is 6.07 Å². The maximum Gasteiger partial charge on any atom is 0.338 e. The molecule has 114 valence electrons. The van der Waals surface area contributed by atoms with E-state index in [1.165, 1.54) is 18.2 Å². The minimum atomic E-state index is -3.91. The molecule has 0 saturated carbocycles. The molecule has 0 saturated heterocycles. The van der Waals surface area contributed by atoms with Gasteiger partial charge < -0.3 is 4.74 Å². The van der Waals surface area contributed by atoms with Crippen molar-refractivity contribution in [1.82, 2.24) is 0 Å². The summed E-state index contributed by atoms with van der Waals surface area (Å²) in [5.74, 6) is -1.15. The van der Waals surface area contributed by atoms with E-state index in [9.17, 15) is 18.0 Å². The van der Waals surface area contributed by atoms with Crippen molar-refractivity contribution >= 4 is 21.8 Å². The molecule has 0 fully saturated rings. The molecule has 2 aromatic carbocycles. The predicted molar refractivity (Wildman–Crippen MR) is 78.9 cm³/mol. The third-order valence-corrected chi connectivity index (χ3v) is 3.74. The van der Waals surface area contributed by atoms with Gasteiger partial charge in [-0.15, -0.1) is 0 Å². The van der Waals surface area contributed by atoms with E-state index in [0.29, 0.717) is 5.56 Å². The average Bonchev–Trinajstić information content (AvgIpc) is 2.52. The smallest absolute Gasteiger partial charge is 0.338 e. The Bertz CT molecular complexity index is 800. The van der Waals surface area contributed by atoms with Crippen LogP contribution in [-0.4, -0.2) is 26.8 Å². The van der Waals surface area contributed by atoms with Crippen LogP contribution in [0.1, 0.15) is 20.7 Å². The fourth-order valence-electron chi connectivity index (χ4n) is 1.72. The number of hydrogen-bond donors (Lipinski definition) is 1. The Morgan fingerprint density at radius 1 is 0.955 bits per heavy atom. The Morgan fingerprint density at radius 2 is 1.59 bits per heavy atom. The van der Waals surface area contributed by atoms with Crippen molar-refractivity contribution in [2.75, 3.05) is 6.61 Å². The standard InChI is InChI=1S/C15H13NO5S/c16-22(19,20)13-8-4-7-12(9-13)15(18)21-10-14(17)11-5-2-1-3-6-11/h1-9H,10H2,(H2,16,19,20). The highest BCUT2D eigenvalue weighted by Crippen LogP contribution is 2.11. The molecule has 0 amide bonds. The molecule has 2 aromatic rings. The number of carbonyl (C=O) groups excluding carboxylic acids is 2. The number of Topliss-reactive ketones (excluding diaryl/α,β-unsaturated/α-hetero) is 1. The van der Waals surface area contributed by atoms with Gasteiger partial charge in [0.2, 0.25) is 10.0 Å². The van der Waals surface area contributed by atoms with Gasteiger partial charge in [0.05, 0.1) is 10.5 Å². The SMILES string of the molecule is NS(=O)(=O)c1cccc(C(=O)OCC(=O)c2ccccc2)c1. The number of esters is 1. The zero-order valence-corrected chi connectivity index (χ0v) is 12.2. The van der Waals surface area contributed by atoms with Crippen LogP contribution in [0.3, 0.4) is 0 Å². The molecular formula is C15H13NO5S. The van der Waals surface area contributed by atoms with Gasteiger partial charge in [0, 0.05) is 5.56 Å². The molecule has 0 radical (unpaired) electrons. The van der Waals surface area contributed by atoms with E-state index < -0.39 is 22.6 Å². The van der Waals surface area contributed by atoms with Crippen LogP contribution in [0.2, 0.25) is 0 Å². The number of sulfonamides is 1. The zero-order valence-electron chi connectivity index (χ0n) is 11.4. The third kappa shape index (κ3) is 4.00. The summed E-state index contributed by atoms with van der Waals surface area (Å²) in [5, 5.41) is 4.99. The Hall–Kier alpha value is -2.51. The molecule has 22 heavy (non-hydrogen) atoms. The van der Waals surface area contributed by atoms with E-state index >= 15 is 0 Å². The lowest BCUT2D eigenvalue weighted by Crippen LogP contribution is -2.16. The first kappa shape index (κ1) is 15.9. The highest BCUT2D eigenvalue weighted by Gasteiger charge is 2.14. The molecule has 0 aliphatic heterocycles. The second-order valence-corrected chi connectivity index (χ2v) is 6.00. The van der Waals surface area contributed by atoms with E-state index in [1.807, 2.05) is 0 Å². The first-order chi connectivity index (χ1) is 10.4. The van der Waals surface area contributed by atoms with Gasteiger partial charge in [0.25, 0.3) is 0 Å². The van der Waals surface area contributed by atoms with Gasteiger partial charge in [-0.1, -0.05) is 36.4 Å². The Kier molecular flexibility index (Phi) is 4.69. The average molecular weight is 319 g/mol. The van der Waals surface area contributed by atoms with Crippen molar-refractivity contribution in [2.24, 2.45) is 5.14 Å². The topological polar surface area (TPSA) is 104 Å². The number of rotatable bonds is 5. The van der Waals surface area contributed by atoms with Crippen molar-refractivity contribution in [3.63, 3.8) is 0 Å². The lowest BCUT2D eigenvalue weighted by molar-refractivity contribution is 0.0474.